The Morgan fingerprint density at radius 1 is 1.36 bits per heavy atom. The van der Waals surface area contributed by atoms with Gasteiger partial charge in [-0.3, -0.25) is 4.79 Å². The Hall–Kier alpha value is -1.36. The molecule has 0 fully saturated rings. The van der Waals surface area contributed by atoms with E-state index in [-0.39, 0.29) is 5.56 Å². The van der Waals surface area contributed by atoms with E-state index in [1.54, 1.807) is 17.8 Å². The van der Waals surface area contributed by atoms with Crippen LogP contribution in [0.3, 0.4) is 0 Å². The van der Waals surface area contributed by atoms with Crippen LogP contribution in [0.4, 0.5) is 0 Å². The van der Waals surface area contributed by atoms with Gasteiger partial charge in [-0.15, -0.1) is 11.8 Å². The van der Waals surface area contributed by atoms with Crippen molar-refractivity contribution in [2.45, 2.75) is 11.9 Å². The minimum absolute atomic E-state index is 0.136. The van der Waals surface area contributed by atoms with Gasteiger partial charge in [0.15, 0.2) is 0 Å². The first-order chi connectivity index (χ1) is 6.70. The molecule has 0 aliphatic heterocycles. The molecule has 5 heteroatoms. The van der Waals surface area contributed by atoms with Crippen molar-refractivity contribution in [1.29, 1.82) is 0 Å². The van der Waals surface area contributed by atoms with E-state index in [1.807, 2.05) is 13.2 Å². The van der Waals surface area contributed by atoms with E-state index >= 15 is 0 Å². The van der Waals surface area contributed by atoms with Crippen LogP contribution in [0.5, 0.6) is 0 Å². The molecule has 0 spiro atoms. The number of H-pyrrole nitrogens is 1. The monoisotopic (exact) mass is 207 g/mol. The van der Waals surface area contributed by atoms with Gasteiger partial charge in [0.25, 0.3) is 0 Å². The lowest BCUT2D eigenvalue weighted by atomic mass is 10.3. The zero-order valence-corrected chi connectivity index (χ0v) is 8.68. The van der Waals surface area contributed by atoms with Crippen LogP contribution in [0.1, 0.15) is 5.82 Å². The highest BCUT2D eigenvalue weighted by Gasteiger charge is 2.04. The number of aromatic amines is 1. The van der Waals surface area contributed by atoms with Gasteiger partial charge in [-0.1, -0.05) is 0 Å². The lowest BCUT2D eigenvalue weighted by Gasteiger charge is -2.02. The van der Waals surface area contributed by atoms with Crippen LogP contribution in [0, 0.1) is 6.92 Å². The first kappa shape index (κ1) is 9.21. The van der Waals surface area contributed by atoms with Crippen molar-refractivity contribution in [3.8, 4) is 0 Å². The van der Waals surface area contributed by atoms with Gasteiger partial charge in [0, 0.05) is 11.5 Å². The Labute approximate surface area is 84.8 Å². The van der Waals surface area contributed by atoms with Crippen LogP contribution in [0.25, 0.3) is 11.0 Å². The van der Waals surface area contributed by atoms with Crippen molar-refractivity contribution in [1.82, 2.24) is 15.0 Å². The highest BCUT2D eigenvalue weighted by Crippen LogP contribution is 2.20. The molecule has 0 bridgehead atoms. The van der Waals surface area contributed by atoms with Gasteiger partial charge >= 0.3 is 0 Å². The van der Waals surface area contributed by atoms with E-state index in [0.29, 0.717) is 11.5 Å². The number of thioether (sulfide) groups is 1. The summed E-state index contributed by atoms with van der Waals surface area (Å²) < 4.78 is 0. The van der Waals surface area contributed by atoms with Crippen molar-refractivity contribution in [3.05, 3.63) is 28.3 Å². The van der Waals surface area contributed by atoms with Crippen LogP contribution >= 0.6 is 11.8 Å². The summed E-state index contributed by atoms with van der Waals surface area (Å²) in [5.74, 6) is 0.670. The van der Waals surface area contributed by atoms with Crippen LogP contribution in [0.2, 0.25) is 0 Å². The molecule has 2 heterocycles. The van der Waals surface area contributed by atoms with Crippen molar-refractivity contribution < 1.29 is 0 Å². The van der Waals surface area contributed by atoms with Crippen molar-refractivity contribution >= 4 is 22.8 Å². The number of rotatable bonds is 1. The van der Waals surface area contributed by atoms with Gasteiger partial charge in [0.2, 0.25) is 5.56 Å². The summed E-state index contributed by atoms with van der Waals surface area (Å²) >= 11 is 1.55. The average molecular weight is 207 g/mol. The molecule has 0 unspecified atom stereocenters. The van der Waals surface area contributed by atoms with Crippen LogP contribution in [0.15, 0.2) is 22.0 Å². The highest BCUT2D eigenvalue weighted by molar-refractivity contribution is 7.98. The molecule has 0 aromatic carbocycles. The predicted molar refractivity (Wildman–Crippen MR) is 56.7 cm³/mol. The Morgan fingerprint density at radius 3 is 2.86 bits per heavy atom. The highest BCUT2D eigenvalue weighted by atomic mass is 32.2. The molecule has 72 valence electrons. The quantitative estimate of drug-likeness (QED) is 0.566. The van der Waals surface area contributed by atoms with Crippen molar-refractivity contribution in [2.75, 3.05) is 6.26 Å². The van der Waals surface area contributed by atoms with Gasteiger partial charge in [-0.25, -0.2) is 9.97 Å². The summed E-state index contributed by atoms with van der Waals surface area (Å²) in [6.45, 7) is 1.81. The number of nitrogens with zero attached hydrogens (tertiary/aromatic N) is 2. The second kappa shape index (κ2) is 3.42. The van der Waals surface area contributed by atoms with Crippen molar-refractivity contribution in [3.63, 3.8) is 0 Å². The molecule has 2 aromatic heterocycles. The fraction of sp³-hybridized carbons (Fsp3) is 0.222. The molecule has 0 aliphatic rings. The minimum Gasteiger partial charge on any atom is -0.306 e. The Balaban J connectivity index is 2.87. The third-order valence-corrected chi connectivity index (χ3v) is 2.56. The van der Waals surface area contributed by atoms with Crippen LogP contribution in [-0.4, -0.2) is 21.2 Å². The summed E-state index contributed by atoms with van der Waals surface area (Å²) in [6, 6.07) is 3.24. The molecule has 0 amide bonds. The first-order valence-corrected chi connectivity index (χ1v) is 5.35. The smallest absolute Gasteiger partial charge is 0.249 e. The summed E-state index contributed by atoms with van der Waals surface area (Å²) in [5.41, 5.74) is 0.469. The van der Waals surface area contributed by atoms with Gasteiger partial charge < -0.3 is 4.98 Å². The summed E-state index contributed by atoms with van der Waals surface area (Å²) in [4.78, 5) is 22.2. The van der Waals surface area contributed by atoms with Crippen molar-refractivity contribution in [2.24, 2.45) is 0 Å². The lowest BCUT2D eigenvalue weighted by Crippen LogP contribution is -2.05. The molecule has 0 aliphatic carbocycles. The summed E-state index contributed by atoms with van der Waals surface area (Å²) in [5, 5.41) is 1.78. The fourth-order valence-electron chi connectivity index (χ4n) is 1.27. The molecule has 2 rings (SSSR count). The largest absolute Gasteiger partial charge is 0.306 e. The molecular weight excluding hydrogens is 198 g/mol. The van der Waals surface area contributed by atoms with E-state index in [1.165, 1.54) is 6.07 Å². The van der Waals surface area contributed by atoms with Crippen LogP contribution in [-0.2, 0) is 0 Å². The maximum atomic E-state index is 11.1. The zero-order chi connectivity index (χ0) is 10.1. The molecule has 0 saturated carbocycles. The topological polar surface area (TPSA) is 58.6 Å². The maximum absolute atomic E-state index is 11.1. The zero-order valence-electron chi connectivity index (χ0n) is 7.87. The number of aryl methyl sites for hydroxylation is 1. The summed E-state index contributed by atoms with van der Waals surface area (Å²) in [6.07, 6.45) is 1.95. The van der Waals surface area contributed by atoms with Gasteiger partial charge in [-0.05, 0) is 19.2 Å². The second-order valence-corrected chi connectivity index (χ2v) is 3.66. The van der Waals surface area contributed by atoms with E-state index < -0.39 is 0 Å². The fourth-order valence-corrected chi connectivity index (χ4v) is 1.88. The lowest BCUT2D eigenvalue weighted by molar-refractivity contribution is 0.994. The van der Waals surface area contributed by atoms with E-state index in [4.69, 9.17) is 0 Å². The average Bonchev–Trinajstić information content (AvgIpc) is 2.15. The number of pyridine rings is 1. The Kier molecular flexibility index (Phi) is 2.25. The number of hydrogen-bond donors (Lipinski definition) is 1. The number of hydrogen-bond acceptors (Lipinski definition) is 4. The number of fused-ring (bicyclic) bond motifs is 1. The second-order valence-electron chi connectivity index (χ2n) is 2.86. The minimum atomic E-state index is -0.136. The van der Waals surface area contributed by atoms with Gasteiger partial charge in [-0.2, -0.15) is 0 Å². The molecule has 2 aromatic rings. The molecule has 0 radical (unpaired) electrons. The molecular formula is C9H9N3OS. The molecule has 1 N–H and O–H groups in total. The standard InChI is InChI=1S/C9H9N3OS/c1-5-10-8-6(9(11-5)14-2)3-4-7(13)12-8/h3-4H,1-2H3,(H,10,11,12,13). The maximum Gasteiger partial charge on any atom is 0.249 e. The Morgan fingerprint density at radius 2 is 2.14 bits per heavy atom. The molecule has 4 nitrogen and oxygen atoms in total. The first-order valence-electron chi connectivity index (χ1n) is 4.12. The van der Waals surface area contributed by atoms with E-state index in [9.17, 15) is 4.79 Å². The van der Waals surface area contributed by atoms with E-state index in [0.717, 1.165) is 10.4 Å². The van der Waals surface area contributed by atoms with Gasteiger partial charge in [0.05, 0.1) is 0 Å². The Bertz CT molecular complexity index is 535. The van der Waals surface area contributed by atoms with Crippen LogP contribution < -0.4 is 5.56 Å². The SMILES string of the molecule is CSc1nc(C)nc2[nH]c(=O)ccc12. The molecule has 0 saturated heterocycles. The normalized spacial score (nSPS) is 10.7. The molecule has 0 atom stereocenters. The van der Waals surface area contributed by atoms with E-state index in [2.05, 4.69) is 15.0 Å². The summed E-state index contributed by atoms with van der Waals surface area (Å²) in [7, 11) is 0. The molecule has 14 heavy (non-hydrogen) atoms. The number of nitrogens with one attached hydrogen (secondary N) is 1. The third kappa shape index (κ3) is 1.50. The predicted octanol–water partition coefficient (Wildman–Crippen LogP) is 1.35. The number of aromatic nitrogens is 3. The van der Waals surface area contributed by atoms with Gasteiger partial charge in [0.1, 0.15) is 16.5 Å². The third-order valence-electron chi connectivity index (χ3n) is 1.86.